The molecule has 0 aliphatic carbocycles. The number of aromatic nitrogens is 2. The Morgan fingerprint density at radius 1 is 1.00 bits per heavy atom. The molecule has 2 heterocycles. The van der Waals surface area contributed by atoms with Crippen molar-refractivity contribution in [2.45, 2.75) is 6.92 Å². The molecule has 1 aliphatic heterocycles. The number of anilines is 1. The van der Waals surface area contributed by atoms with Gasteiger partial charge in [0.2, 0.25) is 5.88 Å². The normalized spacial score (nSPS) is 14.0. The first kappa shape index (κ1) is 19.2. The lowest BCUT2D eigenvalue weighted by Gasteiger charge is -2.35. The second-order valence-corrected chi connectivity index (χ2v) is 7.30. The number of rotatable bonds is 4. The summed E-state index contributed by atoms with van der Waals surface area (Å²) in [5.74, 6) is 1.97. The van der Waals surface area contributed by atoms with Gasteiger partial charge in [0.1, 0.15) is 17.9 Å². The lowest BCUT2D eigenvalue weighted by Crippen LogP contribution is -2.49. The molecule has 1 saturated heterocycles. The summed E-state index contributed by atoms with van der Waals surface area (Å²) in [5, 5.41) is 0.480. The van der Waals surface area contributed by atoms with Gasteiger partial charge in [0, 0.05) is 32.2 Å². The lowest BCUT2D eigenvalue weighted by molar-refractivity contribution is 0.0746. The Morgan fingerprint density at radius 3 is 2.45 bits per heavy atom. The van der Waals surface area contributed by atoms with Crippen LogP contribution >= 0.6 is 11.6 Å². The van der Waals surface area contributed by atoms with Gasteiger partial charge < -0.3 is 14.5 Å². The number of carbonyl (C=O) groups is 1. The largest absolute Gasteiger partial charge is 0.439 e. The number of carbonyl (C=O) groups excluding carboxylic acids is 1. The number of halogens is 1. The van der Waals surface area contributed by atoms with Gasteiger partial charge in [0.15, 0.2) is 0 Å². The fraction of sp³-hybridized carbons (Fsp3) is 0.227. The number of hydrogen-bond acceptors (Lipinski definition) is 5. The van der Waals surface area contributed by atoms with Gasteiger partial charge in [-0.15, -0.1) is 0 Å². The summed E-state index contributed by atoms with van der Waals surface area (Å²) in [7, 11) is 0. The minimum absolute atomic E-state index is 0.0404. The SMILES string of the molecule is Cc1ccc(Oc2cc(N3CCN(C(=O)c4ccccc4Cl)CC3)ncn2)cc1. The van der Waals surface area contributed by atoms with E-state index in [4.69, 9.17) is 16.3 Å². The van der Waals surface area contributed by atoms with Crippen LogP contribution in [-0.2, 0) is 0 Å². The predicted octanol–water partition coefficient (Wildman–Crippen LogP) is 4.19. The summed E-state index contributed by atoms with van der Waals surface area (Å²) >= 11 is 6.17. The molecule has 1 aromatic heterocycles. The number of ether oxygens (including phenoxy) is 1. The minimum atomic E-state index is -0.0404. The molecule has 0 radical (unpaired) electrons. The van der Waals surface area contributed by atoms with E-state index in [0.29, 0.717) is 42.6 Å². The number of piperazine rings is 1. The topological polar surface area (TPSA) is 58.6 Å². The van der Waals surface area contributed by atoms with Gasteiger partial charge in [0.05, 0.1) is 10.6 Å². The Morgan fingerprint density at radius 2 is 1.72 bits per heavy atom. The Hall–Kier alpha value is -3.12. The molecule has 1 aliphatic rings. The first-order chi connectivity index (χ1) is 14.1. The molecule has 1 fully saturated rings. The van der Waals surface area contributed by atoms with Crippen LogP contribution in [0.3, 0.4) is 0 Å². The van der Waals surface area contributed by atoms with Crippen LogP contribution in [0.1, 0.15) is 15.9 Å². The number of aryl methyl sites for hydroxylation is 1. The van der Waals surface area contributed by atoms with Crippen molar-refractivity contribution in [1.82, 2.24) is 14.9 Å². The van der Waals surface area contributed by atoms with E-state index in [9.17, 15) is 4.79 Å². The molecule has 148 valence electrons. The average Bonchev–Trinajstić information content (AvgIpc) is 2.76. The molecule has 0 N–H and O–H groups in total. The fourth-order valence-electron chi connectivity index (χ4n) is 3.23. The Labute approximate surface area is 174 Å². The van der Waals surface area contributed by atoms with Crippen LogP contribution in [0.15, 0.2) is 60.9 Å². The monoisotopic (exact) mass is 408 g/mol. The Balaban J connectivity index is 1.40. The minimum Gasteiger partial charge on any atom is -0.439 e. The fourth-order valence-corrected chi connectivity index (χ4v) is 3.45. The average molecular weight is 409 g/mol. The third-order valence-electron chi connectivity index (χ3n) is 4.87. The van der Waals surface area contributed by atoms with Gasteiger partial charge in [-0.05, 0) is 31.2 Å². The molecule has 7 heteroatoms. The molecule has 0 spiro atoms. The molecule has 0 atom stereocenters. The predicted molar refractivity (Wildman–Crippen MR) is 113 cm³/mol. The second kappa shape index (κ2) is 8.49. The third-order valence-corrected chi connectivity index (χ3v) is 5.20. The third kappa shape index (κ3) is 4.49. The Bertz CT molecular complexity index is 1000. The van der Waals surface area contributed by atoms with E-state index in [1.807, 2.05) is 54.3 Å². The van der Waals surface area contributed by atoms with Crippen LogP contribution in [0.4, 0.5) is 5.82 Å². The van der Waals surface area contributed by atoms with Gasteiger partial charge in [0.25, 0.3) is 5.91 Å². The summed E-state index contributed by atoms with van der Waals surface area (Å²) in [4.78, 5) is 25.2. The quantitative estimate of drug-likeness (QED) is 0.647. The van der Waals surface area contributed by atoms with Crippen LogP contribution in [-0.4, -0.2) is 47.0 Å². The van der Waals surface area contributed by atoms with Gasteiger partial charge in [-0.25, -0.2) is 9.97 Å². The van der Waals surface area contributed by atoms with E-state index in [-0.39, 0.29) is 5.91 Å². The molecule has 0 saturated carbocycles. The van der Waals surface area contributed by atoms with E-state index >= 15 is 0 Å². The van der Waals surface area contributed by atoms with Crippen molar-refractivity contribution in [3.8, 4) is 11.6 Å². The van der Waals surface area contributed by atoms with Crippen molar-refractivity contribution < 1.29 is 9.53 Å². The molecule has 0 bridgehead atoms. The number of nitrogens with zero attached hydrogens (tertiary/aromatic N) is 4. The maximum absolute atomic E-state index is 12.7. The molecule has 3 aromatic rings. The van der Waals surface area contributed by atoms with E-state index in [1.165, 1.54) is 11.9 Å². The summed E-state index contributed by atoms with van der Waals surface area (Å²) < 4.78 is 5.84. The standard InChI is InChI=1S/C22H21ClN4O2/c1-16-6-8-17(9-7-16)29-21-14-20(24-15-25-21)26-10-12-27(13-11-26)22(28)18-4-2-3-5-19(18)23/h2-9,14-15H,10-13H2,1H3. The highest BCUT2D eigenvalue weighted by Gasteiger charge is 2.24. The maximum Gasteiger partial charge on any atom is 0.255 e. The van der Waals surface area contributed by atoms with Gasteiger partial charge in [-0.1, -0.05) is 41.4 Å². The van der Waals surface area contributed by atoms with Gasteiger partial charge in [-0.3, -0.25) is 4.79 Å². The van der Waals surface area contributed by atoms with Gasteiger partial charge in [-0.2, -0.15) is 0 Å². The molecular formula is C22H21ClN4O2. The number of amides is 1. The van der Waals surface area contributed by atoms with Crippen molar-refractivity contribution in [2.24, 2.45) is 0 Å². The number of hydrogen-bond donors (Lipinski definition) is 0. The molecule has 29 heavy (non-hydrogen) atoms. The van der Waals surface area contributed by atoms with Crippen molar-refractivity contribution in [3.05, 3.63) is 77.1 Å². The molecule has 6 nitrogen and oxygen atoms in total. The molecule has 4 rings (SSSR count). The molecule has 1 amide bonds. The van der Waals surface area contributed by atoms with E-state index < -0.39 is 0 Å². The van der Waals surface area contributed by atoms with Gasteiger partial charge >= 0.3 is 0 Å². The van der Waals surface area contributed by atoms with Crippen LogP contribution in [0.5, 0.6) is 11.6 Å². The summed E-state index contributed by atoms with van der Waals surface area (Å²) in [6, 6.07) is 16.8. The van der Waals surface area contributed by atoms with Crippen molar-refractivity contribution in [1.29, 1.82) is 0 Å². The number of benzene rings is 2. The van der Waals surface area contributed by atoms with E-state index in [1.54, 1.807) is 12.1 Å². The highest BCUT2D eigenvalue weighted by molar-refractivity contribution is 6.33. The van der Waals surface area contributed by atoms with Crippen LogP contribution in [0.25, 0.3) is 0 Å². The van der Waals surface area contributed by atoms with Crippen molar-refractivity contribution in [2.75, 3.05) is 31.1 Å². The second-order valence-electron chi connectivity index (χ2n) is 6.89. The summed E-state index contributed by atoms with van der Waals surface area (Å²) in [6.45, 7) is 4.58. The van der Waals surface area contributed by atoms with E-state index in [2.05, 4.69) is 14.9 Å². The highest BCUT2D eigenvalue weighted by atomic mass is 35.5. The van der Waals surface area contributed by atoms with Crippen LogP contribution in [0.2, 0.25) is 5.02 Å². The molecule has 2 aromatic carbocycles. The van der Waals surface area contributed by atoms with Crippen molar-refractivity contribution >= 4 is 23.3 Å². The highest BCUT2D eigenvalue weighted by Crippen LogP contribution is 2.24. The van der Waals surface area contributed by atoms with Crippen LogP contribution < -0.4 is 9.64 Å². The molecule has 0 unspecified atom stereocenters. The first-order valence-electron chi connectivity index (χ1n) is 9.45. The van der Waals surface area contributed by atoms with Crippen molar-refractivity contribution in [3.63, 3.8) is 0 Å². The zero-order valence-corrected chi connectivity index (χ0v) is 16.8. The summed E-state index contributed by atoms with van der Waals surface area (Å²) in [5.41, 5.74) is 1.71. The zero-order chi connectivity index (χ0) is 20.2. The molecular weight excluding hydrogens is 388 g/mol. The lowest BCUT2D eigenvalue weighted by atomic mass is 10.2. The summed E-state index contributed by atoms with van der Waals surface area (Å²) in [6.07, 6.45) is 1.50. The zero-order valence-electron chi connectivity index (χ0n) is 16.1. The smallest absolute Gasteiger partial charge is 0.255 e. The first-order valence-corrected chi connectivity index (χ1v) is 9.83. The maximum atomic E-state index is 12.7. The van der Waals surface area contributed by atoms with E-state index in [0.717, 1.165) is 11.6 Å². The van der Waals surface area contributed by atoms with Crippen LogP contribution in [0, 0.1) is 6.92 Å². The Kier molecular flexibility index (Phi) is 5.62.